The van der Waals surface area contributed by atoms with E-state index in [2.05, 4.69) is 5.32 Å². The first-order chi connectivity index (χ1) is 11.3. The van der Waals surface area contributed by atoms with Crippen molar-refractivity contribution in [3.8, 4) is 0 Å². The summed E-state index contributed by atoms with van der Waals surface area (Å²) >= 11 is 0. The largest absolute Gasteiger partial charge is 0.448 e. The number of hydrogen-bond acceptors (Lipinski definition) is 4. The number of nitrogens with two attached hydrogens (primary N) is 1. The standard InChI is InChI=1S/C16H13FN2O4S/c1-9-12-3-2-4-13(17)15(12)23-14(9)16(20)19-10-5-7-11(8-6-10)24(18,21)22/h2-8H,1H3,(H,19,20)(H2,18,21,22). The Labute approximate surface area is 137 Å². The number of benzene rings is 2. The van der Waals surface area contributed by atoms with Crippen LogP contribution in [0.15, 0.2) is 51.8 Å². The van der Waals surface area contributed by atoms with Crippen molar-refractivity contribution in [2.24, 2.45) is 5.14 Å². The topological polar surface area (TPSA) is 102 Å². The van der Waals surface area contributed by atoms with E-state index in [1.165, 1.54) is 36.4 Å². The second kappa shape index (κ2) is 5.73. The van der Waals surface area contributed by atoms with Crippen molar-refractivity contribution in [3.63, 3.8) is 0 Å². The van der Waals surface area contributed by atoms with Crippen molar-refractivity contribution < 1.29 is 22.0 Å². The van der Waals surface area contributed by atoms with Gasteiger partial charge in [-0.15, -0.1) is 0 Å². The first-order valence-electron chi connectivity index (χ1n) is 6.89. The van der Waals surface area contributed by atoms with Gasteiger partial charge >= 0.3 is 0 Å². The van der Waals surface area contributed by atoms with Crippen LogP contribution in [0.1, 0.15) is 16.1 Å². The van der Waals surface area contributed by atoms with E-state index in [-0.39, 0.29) is 16.2 Å². The summed E-state index contributed by atoms with van der Waals surface area (Å²) < 4.78 is 41.5. The number of halogens is 1. The molecule has 0 saturated heterocycles. The molecule has 0 aliphatic heterocycles. The molecule has 0 spiro atoms. The van der Waals surface area contributed by atoms with Crippen molar-refractivity contribution >= 4 is 32.6 Å². The number of nitrogens with one attached hydrogen (secondary N) is 1. The molecule has 2 aromatic carbocycles. The molecule has 0 aliphatic carbocycles. The zero-order valence-corrected chi connectivity index (χ0v) is 13.4. The number of para-hydroxylation sites is 1. The Morgan fingerprint density at radius 3 is 2.42 bits per heavy atom. The minimum Gasteiger partial charge on any atom is -0.448 e. The molecule has 124 valence electrons. The van der Waals surface area contributed by atoms with Crippen LogP contribution in [0.2, 0.25) is 0 Å². The van der Waals surface area contributed by atoms with E-state index in [0.29, 0.717) is 16.6 Å². The van der Waals surface area contributed by atoms with Crippen molar-refractivity contribution in [3.05, 3.63) is 59.6 Å². The predicted octanol–water partition coefficient (Wildman–Crippen LogP) is 2.78. The number of anilines is 1. The molecular formula is C16H13FN2O4S. The van der Waals surface area contributed by atoms with Gasteiger partial charge < -0.3 is 9.73 Å². The number of primary sulfonamides is 1. The van der Waals surface area contributed by atoms with Gasteiger partial charge in [0.2, 0.25) is 10.0 Å². The molecule has 3 N–H and O–H groups in total. The SMILES string of the molecule is Cc1c(C(=O)Nc2ccc(S(N)(=O)=O)cc2)oc2c(F)cccc12. The fourth-order valence-corrected chi connectivity index (χ4v) is 2.86. The third-order valence-corrected chi connectivity index (χ3v) is 4.49. The Kier molecular flexibility index (Phi) is 3.86. The van der Waals surface area contributed by atoms with Crippen LogP contribution in [0.5, 0.6) is 0 Å². The van der Waals surface area contributed by atoms with Crippen molar-refractivity contribution in [1.82, 2.24) is 0 Å². The molecule has 0 aliphatic rings. The van der Waals surface area contributed by atoms with Crippen molar-refractivity contribution in [2.75, 3.05) is 5.32 Å². The second-order valence-corrected chi connectivity index (χ2v) is 6.76. The number of carbonyl (C=O) groups excluding carboxylic acids is 1. The Hall–Kier alpha value is -2.71. The number of furan rings is 1. The summed E-state index contributed by atoms with van der Waals surface area (Å²) in [6.07, 6.45) is 0. The van der Waals surface area contributed by atoms with Crippen LogP contribution in [0, 0.1) is 12.7 Å². The summed E-state index contributed by atoms with van der Waals surface area (Å²) in [6.45, 7) is 1.66. The Morgan fingerprint density at radius 1 is 1.17 bits per heavy atom. The van der Waals surface area contributed by atoms with Crippen LogP contribution in [-0.4, -0.2) is 14.3 Å². The zero-order chi connectivity index (χ0) is 17.5. The third kappa shape index (κ3) is 2.89. The molecule has 1 heterocycles. The van der Waals surface area contributed by atoms with Gasteiger partial charge in [0.1, 0.15) is 0 Å². The molecule has 0 atom stereocenters. The molecule has 3 aromatic rings. The highest BCUT2D eigenvalue weighted by Gasteiger charge is 2.19. The second-order valence-electron chi connectivity index (χ2n) is 5.20. The zero-order valence-electron chi connectivity index (χ0n) is 12.5. The molecule has 8 heteroatoms. The Balaban J connectivity index is 1.90. The van der Waals surface area contributed by atoms with E-state index >= 15 is 0 Å². The van der Waals surface area contributed by atoms with Gasteiger partial charge in [-0.25, -0.2) is 17.9 Å². The lowest BCUT2D eigenvalue weighted by Crippen LogP contribution is -2.14. The Morgan fingerprint density at radius 2 is 1.83 bits per heavy atom. The van der Waals surface area contributed by atoms with Gasteiger partial charge in [0.15, 0.2) is 17.2 Å². The maximum Gasteiger partial charge on any atom is 0.291 e. The highest BCUT2D eigenvalue weighted by molar-refractivity contribution is 7.89. The van der Waals surface area contributed by atoms with Crippen LogP contribution in [-0.2, 0) is 10.0 Å². The number of sulfonamides is 1. The molecule has 24 heavy (non-hydrogen) atoms. The minimum absolute atomic E-state index is 0.00868. The molecule has 0 radical (unpaired) electrons. The first-order valence-corrected chi connectivity index (χ1v) is 8.44. The molecule has 0 fully saturated rings. The average molecular weight is 348 g/mol. The number of aryl methyl sites for hydroxylation is 1. The number of amides is 1. The van der Waals surface area contributed by atoms with Gasteiger partial charge in [0, 0.05) is 16.6 Å². The first kappa shape index (κ1) is 16.2. The Bertz CT molecular complexity index is 1040. The fraction of sp³-hybridized carbons (Fsp3) is 0.0625. The summed E-state index contributed by atoms with van der Waals surface area (Å²) in [6, 6.07) is 9.79. The van der Waals surface area contributed by atoms with E-state index in [1.807, 2.05) is 0 Å². The van der Waals surface area contributed by atoms with Crippen LogP contribution >= 0.6 is 0 Å². The lowest BCUT2D eigenvalue weighted by molar-refractivity contribution is 0.0997. The van der Waals surface area contributed by atoms with E-state index in [4.69, 9.17) is 9.56 Å². The van der Waals surface area contributed by atoms with Crippen LogP contribution < -0.4 is 10.5 Å². The van der Waals surface area contributed by atoms with Gasteiger partial charge in [-0.2, -0.15) is 0 Å². The highest BCUT2D eigenvalue weighted by atomic mass is 32.2. The molecule has 0 bridgehead atoms. The molecule has 3 rings (SSSR count). The van der Waals surface area contributed by atoms with E-state index < -0.39 is 21.7 Å². The maximum atomic E-state index is 13.7. The van der Waals surface area contributed by atoms with E-state index in [9.17, 15) is 17.6 Å². The smallest absolute Gasteiger partial charge is 0.291 e. The molecule has 1 aromatic heterocycles. The van der Waals surface area contributed by atoms with Gasteiger partial charge in [-0.3, -0.25) is 4.79 Å². The fourth-order valence-electron chi connectivity index (χ4n) is 2.34. The van der Waals surface area contributed by atoms with Crippen LogP contribution in [0.25, 0.3) is 11.0 Å². The lowest BCUT2D eigenvalue weighted by atomic mass is 10.1. The summed E-state index contributed by atoms with van der Waals surface area (Å²) in [5.41, 5.74) is 0.889. The molecule has 0 saturated carbocycles. The maximum absolute atomic E-state index is 13.7. The van der Waals surface area contributed by atoms with Gasteiger partial charge in [-0.1, -0.05) is 12.1 Å². The summed E-state index contributed by atoms with van der Waals surface area (Å²) in [4.78, 5) is 12.3. The lowest BCUT2D eigenvalue weighted by Gasteiger charge is -2.05. The van der Waals surface area contributed by atoms with E-state index in [0.717, 1.165) is 0 Å². The average Bonchev–Trinajstić information content (AvgIpc) is 2.86. The summed E-state index contributed by atoms with van der Waals surface area (Å²) in [5.74, 6) is -1.12. The predicted molar refractivity (Wildman–Crippen MR) is 86.7 cm³/mol. The molecule has 6 nitrogen and oxygen atoms in total. The molecule has 0 unspecified atom stereocenters. The normalized spacial score (nSPS) is 11.6. The van der Waals surface area contributed by atoms with Crippen LogP contribution in [0.4, 0.5) is 10.1 Å². The quantitative estimate of drug-likeness (QED) is 0.759. The van der Waals surface area contributed by atoms with Crippen LogP contribution in [0.3, 0.4) is 0 Å². The van der Waals surface area contributed by atoms with Gasteiger partial charge in [-0.05, 0) is 37.3 Å². The summed E-state index contributed by atoms with van der Waals surface area (Å²) in [5, 5.41) is 8.10. The number of rotatable bonds is 3. The highest BCUT2D eigenvalue weighted by Crippen LogP contribution is 2.27. The number of carbonyl (C=O) groups is 1. The molecular weight excluding hydrogens is 335 g/mol. The van der Waals surface area contributed by atoms with Gasteiger partial charge in [0.25, 0.3) is 5.91 Å². The van der Waals surface area contributed by atoms with E-state index in [1.54, 1.807) is 13.0 Å². The summed E-state index contributed by atoms with van der Waals surface area (Å²) in [7, 11) is -3.80. The van der Waals surface area contributed by atoms with Crippen molar-refractivity contribution in [1.29, 1.82) is 0 Å². The third-order valence-electron chi connectivity index (χ3n) is 3.56. The monoisotopic (exact) mass is 348 g/mol. The number of hydrogen-bond donors (Lipinski definition) is 2. The van der Waals surface area contributed by atoms with Crippen molar-refractivity contribution in [2.45, 2.75) is 11.8 Å². The van der Waals surface area contributed by atoms with Gasteiger partial charge in [0.05, 0.1) is 4.90 Å². The minimum atomic E-state index is -3.80. The number of fused-ring (bicyclic) bond motifs is 1. The molecule has 1 amide bonds.